The number of ketones is 1. The molecular weight excluding hydrogens is 346 g/mol. The first-order chi connectivity index (χ1) is 11.4. The van der Waals surface area contributed by atoms with Gasteiger partial charge in [-0.25, -0.2) is 13.1 Å². The van der Waals surface area contributed by atoms with Crippen molar-refractivity contribution in [3.8, 4) is 0 Å². The summed E-state index contributed by atoms with van der Waals surface area (Å²) < 4.78 is 27.1. The Morgan fingerprint density at radius 3 is 2.38 bits per heavy atom. The second-order valence-corrected chi connectivity index (χ2v) is 8.78. The van der Waals surface area contributed by atoms with E-state index in [1.54, 1.807) is 12.1 Å². The van der Waals surface area contributed by atoms with Gasteiger partial charge in [0.05, 0.1) is 4.90 Å². The van der Waals surface area contributed by atoms with Gasteiger partial charge in [0.15, 0.2) is 0 Å². The lowest BCUT2D eigenvalue weighted by molar-refractivity contribution is -0.124. The van der Waals surface area contributed by atoms with Crippen molar-refractivity contribution in [2.75, 3.05) is 6.54 Å². The fourth-order valence-electron chi connectivity index (χ4n) is 3.32. The average Bonchev–Trinajstić information content (AvgIpc) is 2.56. The minimum absolute atomic E-state index is 0.229. The summed E-state index contributed by atoms with van der Waals surface area (Å²) in [5.74, 6) is 1.13. The van der Waals surface area contributed by atoms with Crippen LogP contribution in [0.2, 0.25) is 5.02 Å². The van der Waals surface area contributed by atoms with Gasteiger partial charge in [-0.2, -0.15) is 0 Å². The van der Waals surface area contributed by atoms with Gasteiger partial charge in [-0.3, -0.25) is 4.79 Å². The van der Waals surface area contributed by atoms with Crippen LogP contribution < -0.4 is 4.72 Å². The Balaban J connectivity index is 1.75. The molecule has 1 aromatic rings. The van der Waals surface area contributed by atoms with E-state index in [2.05, 4.69) is 4.72 Å². The molecule has 24 heavy (non-hydrogen) atoms. The highest BCUT2D eigenvalue weighted by molar-refractivity contribution is 7.89. The molecular formula is C18H26ClNO3S. The molecule has 0 aromatic heterocycles. The smallest absolute Gasteiger partial charge is 0.240 e. The predicted octanol–water partition coefficient (Wildman–Crippen LogP) is 4.18. The van der Waals surface area contributed by atoms with Crippen LogP contribution in [0.4, 0.5) is 0 Å². The Morgan fingerprint density at radius 1 is 1.17 bits per heavy atom. The van der Waals surface area contributed by atoms with Crippen molar-refractivity contribution in [1.82, 2.24) is 4.72 Å². The van der Waals surface area contributed by atoms with Gasteiger partial charge in [-0.05, 0) is 68.7 Å². The van der Waals surface area contributed by atoms with Crippen LogP contribution in [0.5, 0.6) is 0 Å². The summed E-state index contributed by atoms with van der Waals surface area (Å²) in [6.07, 6.45) is 6.37. The maximum Gasteiger partial charge on any atom is 0.240 e. The maximum absolute atomic E-state index is 12.2. The lowest BCUT2D eigenvalue weighted by atomic mass is 9.78. The van der Waals surface area contributed by atoms with E-state index in [4.69, 9.17) is 11.6 Å². The van der Waals surface area contributed by atoms with Gasteiger partial charge in [0.25, 0.3) is 0 Å². The number of hydrogen-bond donors (Lipinski definition) is 1. The minimum Gasteiger partial charge on any atom is -0.299 e. The van der Waals surface area contributed by atoms with Crippen LogP contribution in [-0.2, 0) is 14.8 Å². The van der Waals surface area contributed by atoms with Gasteiger partial charge >= 0.3 is 0 Å². The van der Waals surface area contributed by atoms with E-state index in [-0.39, 0.29) is 10.8 Å². The number of carbonyl (C=O) groups is 1. The monoisotopic (exact) mass is 371 g/mol. The quantitative estimate of drug-likeness (QED) is 0.745. The van der Waals surface area contributed by atoms with E-state index in [1.165, 1.54) is 12.1 Å². The largest absolute Gasteiger partial charge is 0.299 e. The highest BCUT2D eigenvalue weighted by Gasteiger charge is 2.25. The zero-order valence-electron chi connectivity index (χ0n) is 14.1. The van der Waals surface area contributed by atoms with E-state index >= 15 is 0 Å². The Kier molecular flexibility index (Phi) is 7.26. The van der Waals surface area contributed by atoms with Gasteiger partial charge in [-0.15, -0.1) is 0 Å². The molecule has 0 radical (unpaired) electrons. The van der Waals surface area contributed by atoms with E-state index in [0.717, 1.165) is 38.5 Å². The summed E-state index contributed by atoms with van der Waals surface area (Å²) in [5, 5.41) is 0.517. The summed E-state index contributed by atoms with van der Waals surface area (Å²) in [7, 11) is -3.47. The van der Waals surface area contributed by atoms with E-state index < -0.39 is 10.0 Å². The van der Waals surface area contributed by atoms with E-state index in [1.807, 2.05) is 6.92 Å². The molecule has 0 unspecified atom stereocenters. The predicted molar refractivity (Wildman–Crippen MR) is 96.6 cm³/mol. The molecule has 0 amide bonds. The Hall–Kier alpha value is -0.910. The summed E-state index contributed by atoms with van der Waals surface area (Å²) in [4.78, 5) is 12.2. The first-order valence-corrected chi connectivity index (χ1v) is 10.6. The van der Waals surface area contributed by atoms with Crippen LogP contribution in [0, 0.1) is 11.8 Å². The van der Waals surface area contributed by atoms with Crippen molar-refractivity contribution >= 4 is 27.4 Å². The van der Waals surface area contributed by atoms with Crippen LogP contribution in [-0.4, -0.2) is 20.7 Å². The molecule has 1 saturated carbocycles. The lowest BCUT2D eigenvalue weighted by Crippen LogP contribution is -2.28. The molecule has 0 atom stereocenters. The highest BCUT2D eigenvalue weighted by Crippen LogP contribution is 2.32. The zero-order valence-corrected chi connectivity index (χ0v) is 15.7. The van der Waals surface area contributed by atoms with Crippen LogP contribution in [0.1, 0.15) is 51.9 Å². The Bertz CT molecular complexity index is 635. The molecule has 1 aliphatic rings. The van der Waals surface area contributed by atoms with Gasteiger partial charge in [0.1, 0.15) is 5.78 Å². The number of nitrogens with one attached hydrogen (secondary N) is 1. The molecule has 0 spiro atoms. The Labute approximate surface area is 150 Å². The highest BCUT2D eigenvalue weighted by atomic mass is 35.5. The molecule has 1 fully saturated rings. The number of benzene rings is 1. The third-order valence-corrected chi connectivity index (χ3v) is 6.50. The van der Waals surface area contributed by atoms with Crippen LogP contribution in [0.25, 0.3) is 0 Å². The number of carbonyl (C=O) groups excluding carboxylic acids is 1. The Morgan fingerprint density at radius 2 is 1.79 bits per heavy atom. The molecule has 1 aromatic carbocycles. The summed E-state index contributed by atoms with van der Waals surface area (Å²) >= 11 is 5.78. The zero-order chi connectivity index (χ0) is 17.6. The van der Waals surface area contributed by atoms with Gasteiger partial charge < -0.3 is 0 Å². The summed E-state index contributed by atoms with van der Waals surface area (Å²) in [5.41, 5.74) is 0. The third-order valence-electron chi connectivity index (χ3n) is 4.77. The van der Waals surface area contributed by atoms with Gasteiger partial charge in [0, 0.05) is 23.9 Å². The molecule has 134 valence electrons. The molecule has 6 heteroatoms. The molecule has 1 N–H and O–H groups in total. The molecule has 0 heterocycles. The molecule has 2 rings (SSSR count). The van der Waals surface area contributed by atoms with Gasteiger partial charge in [-0.1, -0.05) is 18.5 Å². The number of Topliss-reactive ketones (excluding diaryl/α,β-unsaturated/α-hetero) is 1. The van der Waals surface area contributed by atoms with Crippen molar-refractivity contribution in [2.45, 2.75) is 56.8 Å². The standard InChI is InChI=1S/C18H26ClNO3S/c1-2-3-18(21)15-6-4-14(5-7-15)12-13-20-24(22,23)17-10-8-16(19)9-11-17/h8-11,14-15,20H,2-7,12-13H2,1H3. The van der Waals surface area contributed by atoms with Crippen molar-refractivity contribution in [1.29, 1.82) is 0 Å². The fraction of sp³-hybridized carbons (Fsp3) is 0.611. The normalized spacial score (nSPS) is 21.6. The number of sulfonamides is 1. The molecule has 0 saturated heterocycles. The second kappa shape index (κ2) is 8.97. The molecule has 0 bridgehead atoms. The van der Waals surface area contributed by atoms with Crippen LogP contribution >= 0.6 is 11.6 Å². The second-order valence-electron chi connectivity index (χ2n) is 6.57. The molecule has 0 aliphatic heterocycles. The fourth-order valence-corrected chi connectivity index (χ4v) is 4.49. The lowest BCUT2D eigenvalue weighted by Gasteiger charge is -2.27. The number of halogens is 1. The van der Waals surface area contributed by atoms with E-state index in [0.29, 0.717) is 29.7 Å². The SMILES string of the molecule is CCCC(=O)C1CCC(CCNS(=O)(=O)c2ccc(Cl)cc2)CC1. The number of rotatable bonds is 8. The summed E-state index contributed by atoms with van der Waals surface area (Å²) in [6.45, 7) is 2.47. The summed E-state index contributed by atoms with van der Waals surface area (Å²) in [6, 6.07) is 6.17. The maximum atomic E-state index is 12.2. The number of hydrogen-bond acceptors (Lipinski definition) is 3. The molecule has 1 aliphatic carbocycles. The molecule has 4 nitrogen and oxygen atoms in total. The van der Waals surface area contributed by atoms with Crippen molar-refractivity contribution in [3.05, 3.63) is 29.3 Å². The van der Waals surface area contributed by atoms with Crippen molar-refractivity contribution < 1.29 is 13.2 Å². The van der Waals surface area contributed by atoms with E-state index in [9.17, 15) is 13.2 Å². The minimum atomic E-state index is -3.47. The van der Waals surface area contributed by atoms with Crippen molar-refractivity contribution in [2.24, 2.45) is 11.8 Å². The van der Waals surface area contributed by atoms with Crippen molar-refractivity contribution in [3.63, 3.8) is 0 Å². The first kappa shape index (κ1) is 19.4. The topological polar surface area (TPSA) is 63.2 Å². The first-order valence-electron chi connectivity index (χ1n) is 8.70. The van der Waals surface area contributed by atoms with Crippen LogP contribution in [0.15, 0.2) is 29.2 Å². The van der Waals surface area contributed by atoms with Gasteiger partial charge in [0.2, 0.25) is 10.0 Å². The average molecular weight is 372 g/mol. The van der Waals surface area contributed by atoms with Crippen LogP contribution in [0.3, 0.4) is 0 Å². The third kappa shape index (κ3) is 5.57.